The Balaban J connectivity index is 1.68. The number of ether oxygens (including phenoxy) is 2. The second kappa shape index (κ2) is 7.67. The predicted octanol–water partition coefficient (Wildman–Crippen LogP) is 3.86. The van der Waals surface area contributed by atoms with E-state index in [1.54, 1.807) is 20.3 Å². The summed E-state index contributed by atoms with van der Waals surface area (Å²) in [6, 6.07) is 12.5. The van der Waals surface area contributed by atoms with E-state index in [2.05, 4.69) is 25.2 Å². The highest BCUT2D eigenvalue weighted by atomic mass is 16.5. The highest BCUT2D eigenvalue weighted by Crippen LogP contribution is 2.42. The normalized spacial score (nSPS) is 24.3. The number of likely N-dealkylation sites (N-methyl/N-ethyl adjacent to an activating group) is 1. The van der Waals surface area contributed by atoms with Crippen LogP contribution in [0.15, 0.2) is 36.4 Å². The van der Waals surface area contributed by atoms with Crippen LogP contribution in [-0.4, -0.2) is 38.8 Å². The van der Waals surface area contributed by atoms with Gasteiger partial charge in [-0.3, -0.25) is 0 Å². The molecule has 4 rings (SSSR count). The van der Waals surface area contributed by atoms with E-state index in [9.17, 15) is 5.11 Å². The summed E-state index contributed by atoms with van der Waals surface area (Å²) in [6.45, 7) is 2.37. The maximum atomic E-state index is 12.3. The number of quaternary nitrogens is 1. The van der Waals surface area contributed by atoms with Crippen LogP contribution in [0.5, 0.6) is 17.2 Å². The molecule has 2 atom stereocenters. The standard InChI is InChI=1S/C24H31NO3/c1-25(16-17-5-4-6-17)12-11-19-15-20(27-2)8-9-21(19)22(25)13-18-7-10-24(28-3)23(26)14-18/h7-10,14-15,17,22H,4-6,11-13,16H2,1-3H3/t22-,25-/m1/s1. The number of methoxy groups -OCH3 is 2. The minimum Gasteiger partial charge on any atom is -0.870 e. The van der Waals surface area contributed by atoms with Gasteiger partial charge < -0.3 is 19.1 Å². The molecule has 0 unspecified atom stereocenters. The molecule has 28 heavy (non-hydrogen) atoms. The van der Waals surface area contributed by atoms with Gasteiger partial charge in [0.2, 0.25) is 0 Å². The van der Waals surface area contributed by atoms with E-state index in [4.69, 9.17) is 9.47 Å². The van der Waals surface area contributed by atoms with E-state index in [1.807, 2.05) is 12.1 Å². The molecule has 4 heteroatoms. The smallest absolute Gasteiger partial charge is 0.119 e. The minimum absolute atomic E-state index is 0.0287. The van der Waals surface area contributed by atoms with E-state index in [-0.39, 0.29) is 5.75 Å². The number of rotatable bonds is 6. The number of hydrogen-bond acceptors (Lipinski definition) is 3. The summed E-state index contributed by atoms with van der Waals surface area (Å²) in [4.78, 5) is 0. The van der Waals surface area contributed by atoms with Crippen molar-refractivity contribution in [2.75, 3.05) is 34.4 Å². The molecule has 0 radical (unpaired) electrons. The van der Waals surface area contributed by atoms with Gasteiger partial charge in [-0.15, -0.1) is 0 Å². The zero-order valence-corrected chi connectivity index (χ0v) is 17.2. The zero-order valence-electron chi connectivity index (χ0n) is 17.2. The van der Waals surface area contributed by atoms with Crippen LogP contribution in [0.4, 0.5) is 0 Å². The van der Waals surface area contributed by atoms with Gasteiger partial charge in [0.25, 0.3) is 0 Å². The third kappa shape index (κ3) is 3.58. The molecule has 0 spiro atoms. The largest absolute Gasteiger partial charge is 0.870 e. The lowest BCUT2D eigenvalue weighted by molar-refractivity contribution is -0.945. The van der Waals surface area contributed by atoms with Gasteiger partial charge in [-0.2, -0.15) is 0 Å². The summed E-state index contributed by atoms with van der Waals surface area (Å²) in [5, 5.41) is 12.3. The van der Waals surface area contributed by atoms with E-state index in [0.29, 0.717) is 11.8 Å². The van der Waals surface area contributed by atoms with Crippen LogP contribution in [0.2, 0.25) is 0 Å². The third-order valence-corrected chi connectivity index (χ3v) is 6.91. The highest BCUT2D eigenvalue weighted by Gasteiger charge is 2.41. The second-order valence-electron chi connectivity index (χ2n) is 8.70. The van der Waals surface area contributed by atoms with Gasteiger partial charge in [-0.25, -0.2) is 0 Å². The first-order valence-electron chi connectivity index (χ1n) is 10.4. The zero-order chi connectivity index (χ0) is 19.7. The molecule has 1 fully saturated rings. The topological polar surface area (TPSA) is 41.5 Å². The quantitative estimate of drug-likeness (QED) is 0.714. The highest BCUT2D eigenvalue weighted by molar-refractivity contribution is 5.43. The van der Waals surface area contributed by atoms with E-state index < -0.39 is 0 Å². The average Bonchev–Trinajstić information content (AvgIpc) is 2.67. The molecule has 4 nitrogen and oxygen atoms in total. The summed E-state index contributed by atoms with van der Waals surface area (Å²) in [7, 11) is 5.69. The first kappa shape index (κ1) is 19.1. The number of benzene rings is 2. The molecule has 0 saturated heterocycles. The van der Waals surface area contributed by atoms with Gasteiger partial charge in [0.15, 0.2) is 0 Å². The third-order valence-electron chi connectivity index (χ3n) is 6.91. The van der Waals surface area contributed by atoms with Crippen LogP contribution in [0.1, 0.15) is 42.0 Å². The maximum Gasteiger partial charge on any atom is 0.119 e. The van der Waals surface area contributed by atoms with Crippen molar-refractivity contribution in [2.24, 2.45) is 5.92 Å². The molecule has 1 aliphatic carbocycles. The maximum absolute atomic E-state index is 12.3. The molecule has 0 N–H and O–H groups in total. The first-order chi connectivity index (χ1) is 13.5. The Morgan fingerprint density at radius 3 is 2.54 bits per heavy atom. The lowest BCUT2D eigenvalue weighted by atomic mass is 9.81. The average molecular weight is 382 g/mol. The molecular weight excluding hydrogens is 350 g/mol. The fourth-order valence-electron chi connectivity index (χ4n) is 5.00. The Hall–Kier alpha value is -2.20. The van der Waals surface area contributed by atoms with Gasteiger partial charge >= 0.3 is 0 Å². The summed E-state index contributed by atoms with van der Waals surface area (Å²) < 4.78 is 11.7. The summed E-state index contributed by atoms with van der Waals surface area (Å²) in [6.07, 6.45) is 6.07. The van der Waals surface area contributed by atoms with Crippen LogP contribution in [0.25, 0.3) is 0 Å². The van der Waals surface area contributed by atoms with Crippen LogP contribution in [0, 0.1) is 5.92 Å². The van der Waals surface area contributed by atoms with Gasteiger partial charge in [-0.1, -0.05) is 24.3 Å². The molecule has 0 aromatic heterocycles. The Morgan fingerprint density at radius 2 is 1.89 bits per heavy atom. The SMILES string of the molecule is COc1ccc2c(c1)CC[N@+](C)(CC1CCC1)[C@@H]2Cc1ccc(OC)c([O-])c1. The number of nitrogens with zero attached hydrogens (tertiary/aromatic N) is 1. The van der Waals surface area contributed by atoms with Crippen LogP contribution in [-0.2, 0) is 12.8 Å². The van der Waals surface area contributed by atoms with Crippen molar-refractivity contribution >= 4 is 0 Å². The Bertz CT molecular complexity index is 846. The van der Waals surface area contributed by atoms with Gasteiger partial charge in [-0.05, 0) is 48.2 Å². The van der Waals surface area contributed by atoms with Crippen molar-refractivity contribution in [1.82, 2.24) is 0 Å². The lowest BCUT2D eigenvalue weighted by Crippen LogP contribution is -2.55. The second-order valence-corrected chi connectivity index (χ2v) is 8.70. The molecule has 2 aromatic carbocycles. The molecule has 2 aliphatic rings. The van der Waals surface area contributed by atoms with Gasteiger partial charge in [0.1, 0.15) is 17.5 Å². The molecule has 0 amide bonds. The van der Waals surface area contributed by atoms with E-state index >= 15 is 0 Å². The Morgan fingerprint density at radius 1 is 1.07 bits per heavy atom. The van der Waals surface area contributed by atoms with Crippen molar-refractivity contribution in [3.05, 3.63) is 53.1 Å². The van der Waals surface area contributed by atoms with E-state index in [1.165, 1.54) is 36.9 Å². The first-order valence-corrected chi connectivity index (χ1v) is 10.4. The Labute approximate surface area is 168 Å². The monoisotopic (exact) mass is 381 g/mol. The van der Waals surface area contributed by atoms with Crippen LogP contribution < -0.4 is 14.6 Å². The molecule has 1 saturated carbocycles. The molecule has 1 aliphatic heterocycles. The van der Waals surface area contributed by atoms with Crippen molar-refractivity contribution in [3.63, 3.8) is 0 Å². The van der Waals surface area contributed by atoms with Crippen molar-refractivity contribution in [2.45, 2.75) is 38.1 Å². The molecule has 1 heterocycles. The summed E-state index contributed by atoms with van der Waals surface area (Å²) in [5.41, 5.74) is 3.90. The van der Waals surface area contributed by atoms with Crippen LogP contribution in [0.3, 0.4) is 0 Å². The van der Waals surface area contributed by atoms with Gasteiger partial charge in [0, 0.05) is 24.3 Å². The molecule has 2 aromatic rings. The number of fused-ring (bicyclic) bond motifs is 1. The molecule has 0 bridgehead atoms. The summed E-state index contributed by atoms with van der Waals surface area (Å²) >= 11 is 0. The molecular formula is C24H31NO3. The predicted molar refractivity (Wildman–Crippen MR) is 109 cm³/mol. The fourth-order valence-corrected chi connectivity index (χ4v) is 5.00. The summed E-state index contributed by atoms with van der Waals surface area (Å²) in [5.74, 6) is 2.17. The minimum atomic E-state index is -0.0287. The van der Waals surface area contributed by atoms with Gasteiger partial charge in [0.05, 0.1) is 34.4 Å². The van der Waals surface area contributed by atoms with Crippen LogP contribution >= 0.6 is 0 Å². The fraction of sp³-hybridized carbons (Fsp3) is 0.500. The molecule has 150 valence electrons. The van der Waals surface area contributed by atoms with Crippen molar-refractivity contribution in [1.29, 1.82) is 0 Å². The van der Waals surface area contributed by atoms with Crippen molar-refractivity contribution < 1.29 is 19.1 Å². The lowest BCUT2D eigenvalue weighted by Gasteiger charge is -2.48. The number of hydrogen-bond donors (Lipinski definition) is 0. The Kier molecular flexibility index (Phi) is 5.24. The van der Waals surface area contributed by atoms with E-state index in [0.717, 1.165) is 41.1 Å². The van der Waals surface area contributed by atoms with Crippen molar-refractivity contribution in [3.8, 4) is 17.2 Å².